The maximum absolute atomic E-state index is 12.4. The number of ether oxygens (including phenoxy) is 1. The predicted octanol–water partition coefficient (Wildman–Crippen LogP) is 3.68. The Bertz CT molecular complexity index is 891. The SMILES string of the molecule is CCOC(=O)/C=C/c1ccc(NC(=O)CN2CCN(c3cccc(Cl)c3)CC2)cc1. The molecule has 0 aliphatic carbocycles. The molecule has 1 aliphatic rings. The summed E-state index contributed by atoms with van der Waals surface area (Å²) in [6.45, 7) is 5.82. The van der Waals surface area contributed by atoms with E-state index < -0.39 is 0 Å². The molecule has 2 aromatic carbocycles. The first-order chi connectivity index (χ1) is 14.5. The van der Waals surface area contributed by atoms with Crippen LogP contribution >= 0.6 is 11.6 Å². The average Bonchev–Trinajstić information content (AvgIpc) is 2.74. The molecule has 1 N–H and O–H groups in total. The van der Waals surface area contributed by atoms with E-state index in [1.54, 1.807) is 13.0 Å². The molecule has 0 spiro atoms. The number of rotatable bonds is 7. The minimum absolute atomic E-state index is 0.0407. The number of halogens is 1. The summed E-state index contributed by atoms with van der Waals surface area (Å²) < 4.78 is 4.85. The van der Waals surface area contributed by atoms with Crippen molar-refractivity contribution >= 4 is 40.9 Å². The lowest BCUT2D eigenvalue weighted by atomic mass is 10.2. The van der Waals surface area contributed by atoms with Gasteiger partial charge >= 0.3 is 5.97 Å². The molecule has 6 nitrogen and oxygen atoms in total. The lowest BCUT2D eigenvalue weighted by molar-refractivity contribution is -0.137. The molecule has 30 heavy (non-hydrogen) atoms. The van der Waals surface area contributed by atoms with E-state index in [1.165, 1.54) is 6.08 Å². The third-order valence-corrected chi connectivity index (χ3v) is 5.04. The van der Waals surface area contributed by atoms with Gasteiger partial charge in [-0.2, -0.15) is 0 Å². The van der Waals surface area contributed by atoms with Crippen LogP contribution in [-0.2, 0) is 14.3 Å². The monoisotopic (exact) mass is 427 g/mol. The molecule has 0 radical (unpaired) electrons. The standard InChI is InChI=1S/C23H26ClN3O3/c1-2-30-23(29)11-8-18-6-9-20(10-7-18)25-22(28)17-26-12-14-27(15-13-26)21-5-3-4-19(24)16-21/h3-11,16H,2,12-15,17H2,1H3,(H,25,28)/b11-8+. The zero-order valence-corrected chi connectivity index (χ0v) is 17.8. The van der Waals surface area contributed by atoms with Crippen molar-refractivity contribution in [3.05, 3.63) is 65.2 Å². The van der Waals surface area contributed by atoms with Gasteiger partial charge in [0.05, 0.1) is 13.2 Å². The normalized spacial score (nSPS) is 14.7. The van der Waals surface area contributed by atoms with Crippen molar-refractivity contribution in [2.45, 2.75) is 6.92 Å². The van der Waals surface area contributed by atoms with Crippen LogP contribution in [0.25, 0.3) is 6.08 Å². The Morgan fingerprint density at radius 2 is 1.83 bits per heavy atom. The molecule has 1 amide bonds. The Kier molecular flexibility index (Phi) is 7.88. The number of anilines is 2. The van der Waals surface area contributed by atoms with Crippen LogP contribution in [0.15, 0.2) is 54.6 Å². The minimum atomic E-state index is -0.370. The van der Waals surface area contributed by atoms with Crippen LogP contribution < -0.4 is 10.2 Å². The molecule has 0 saturated carbocycles. The minimum Gasteiger partial charge on any atom is -0.463 e. The molecule has 2 aromatic rings. The summed E-state index contributed by atoms with van der Waals surface area (Å²) in [6, 6.07) is 15.2. The number of benzene rings is 2. The second kappa shape index (κ2) is 10.8. The topological polar surface area (TPSA) is 61.9 Å². The van der Waals surface area contributed by atoms with Crippen LogP contribution in [0.5, 0.6) is 0 Å². The lowest BCUT2D eigenvalue weighted by Crippen LogP contribution is -2.48. The van der Waals surface area contributed by atoms with E-state index >= 15 is 0 Å². The van der Waals surface area contributed by atoms with Crippen LogP contribution in [0.2, 0.25) is 5.02 Å². The number of carbonyl (C=O) groups excluding carboxylic acids is 2. The predicted molar refractivity (Wildman–Crippen MR) is 121 cm³/mol. The van der Waals surface area contributed by atoms with E-state index in [0.29, 0.717) is 13.2 Å². The van der Waals surface area contributed by atoms with Gasteiger partial charge in [-0.15, -0.1) is 0 Å². The van der Waals surface area contributed by atoms with Crippen molar-refractivity contribution in [1.29, 1.82) is 0 Å². The number of carbonyl (C=O) groups is 2. The van der Waals surface area contributed by atoms with Crippen LogP contribution in [0.1, 0.15) is 12.5 Å². The fraction of sp³-hybridized carbons (Fsp3) is 0.304. The van der Waals surface area contributed by atoms with E-state index in [1.807, 2.05) is 42.5 Å². The maximum atomic E-state index is 12.4. The van der Waals surface area contributed by atoms with Gasteiger partial charge in [0.1, 0.15) is 0 Å². The van der Waals surface area contributed by atoms with Gasteiger partial charge in [0, 0.05) is 48.7 Å². The Morgan fingerprint density at radius 3 is 2.50 bits per heavy atom. The molecule has 1 aliphatic heterocycles. The molecule has 1 fully saturated rings. The third kappa shape index (κ3) is 6.61. The second-order valence-electron chi connectivity index (χ2n) is 7.00. The highest BCUT2D eigenvalue weighted by Crippen LogP contribution is 2.20. The molecule has 0 aromatic heterocycles. The first-order valence-corrected chi connectivity index (χ1v) is 10.4. The van der Waals surface area contributed by atoms with Crippen molar-refractivity contribution in [2.24, 2.45) is 0 Å². The summed E-state index contributed by atoms with van der Waals surface area (Å²) in [5.41, 5.74) is 2.70. The van der Waals surface area contributed by atoms with E-state index in [2.05, 4.69) is 21.2 Å². The second-order valence-corrected chi connectivity index (χ2v) is 7.44. The fourth-order valence-electron chi connectivity index (χ4n) is 3.27. The van der Waals surface area contributed by atoms with Crippen LogP contribution in [-0.4, -0.2) is 56.1 Å². The van der Waals surface area contributed by atoms with Gasteiger partial charge in [0.2, 0.25) is 5.91 Å². The summed E-state index contributed by atoms with van der Waals surface area (Å²) in [7, 11) is 0. The Balaban J connectivity index is 1.44. The van der Waals surface area contributed by atoms with Gasteiger partial charge in [-0.1, -0.05) is 29.8 Å². The van der Waals surface area contributed by atoms with E-state index in [4.69, 9.17) is 16.3 Å². The van der Waals surface area contributed by atoms with Gasteiger partial charge in [-0.25, -0.2) is 4.79 Å². The van der Waals surface area contributed by atoms with Gasteiger partial charge in [-0.05, 0) is 48.9 Å². The zero-order chi connectivity index (χ0) is 21.3. The summed E-state index contributed by atoms with van der Waals surface area (Å²) in [6.07, 6.45) is 3.07. The molecule has 0 atom stereocenters. The highest BCUT2D eigenvalue weighted by atomic mass is 35.5. The van der Waals surface area contributed by atoms with Crippen molar-refractivity contribution in [3.8, 4) is 0 Å². The van der Waals surface area contributed by atoms with Gasteiger partial charge in [0.25, 0.3) is 0 Å². The summed E-state index contributed by atoms with van der Waals surface area (Å²) in [5.74, 6) is -0.411. The number of hydrogen-bond donors (Lipinski definition) is 1. The summed E-state index contributed by atoms with van der Waals surface area (Å²) in [5, 5.41) is 3.66. The summed E-state index contributed by atoms with van der Waals surface area (Å²) in [4.78, 5) is 28.2. The number of hydrogen-bond acceptors (Lipinski definition) is 5. The maximum Gasteiger partial charge on any atom is 0.330 e. The Labute approximate surface area is 182 Å². The number of nitrogens with one attached hydrogen (secondary N) is 1. The smallest absolute Gasteiger partial charge is 0.330 e. The molecule has 0 unspecified atom stereocenters. The number of nitrogens with zero attached hydrogens (tertiary/aromatic N) is 2. The van der Waals surface area contributed by atoms with Crippen LogP contribution in [0.4, 0.5) is 11.4 Å². The quantitative estimate of drug-likeness (QED) is 0.539. The fourth-order valence-corrected chi connectivity index (χ4v) is 3.46. The third-order valence-electron chi connectivity index (χ3n) is 4.81. The van der Waals surface area contributed by atoms with Crippen molar-refractivity contribution in [1.82, 2.24) is 4.90 Å². The molecule has 1 saturated heterocycles. The van der Waals surface area contributed by atoms with E-state index in [-0.39, 0.29) is 11.9 Å². The molecule has 0 bridgehead atoms. The number of piperazine rings is 1. The van der Waals surface area contributed by atoms with Crippen LogP contribution in [0, 0.1) is 0 Å². The molecule has 1 heterocycles. The molecule has 158 valence electrons. The van der Waals surface area contributed by atoms with E-state index in [0.717, 1.165) is 48.1 Å². The van der Waals surface area contributed by atoms with Crippen molar-refractivity contribution in [2.75, 3.05) is 49.5 Å². The average molecular weight is 428 g/mol. The van der Waals surface area contributed by atoms with Gasteiger partial charge in [-0.3, -0.25) is 9.69 Å². The van der Waals surface area contributed by atoms with Crippen molar-refractivity contribution in [3.63, 3.8) is 0 Å². The van der Waals surface area contributed by atoms with Crippen molar-refractivity contribution < 1.29 is 14.3 Å². The summed E-state index contributed by atoms with van der Waals surface area (Å²) >= 11 is 6.08. The first-order valence-electron chi connectivity index (χ1n) is 10.0. The Hall–Kier alpha value is -2.83. The molecule has 7 heteroatoms. The van der Waals surface area contributed by atoms with E-state index in [9.17, 15) is 9.59 Å². The number of amides is 1. The molecular weight excluding hydrogens is 402 g/mol. The highest BCUT2D eigenvalue weighted by molar-refractivity contribution is 6.30. The van der Waals surface area contributed by atoms with Gasteiger partial charge in [0.15, 0.2) is 0 Å². The highest BCUT2D eigenvalue weighted by Gasteiger charge is 2.19. The lowest BCUT2D eigenvalue weighted by Gasteiger charge is -2.35. The number of esters is 1. The van der Waals surface area contributed by atoms with Crippen LogP contribution in [0.3, 0.4) is 0 Å². The Morgan fingerprint density at radius 1 is 1.10 bits per heavy atom. The largest absolute Gasteiger partial charge is 0.463 e. The first kappa shape index (κ1) is 21.9. The molecule has 3 rings (SSSR count). The zero-order valence-electron chi connectivity index (χ0n) is 17.0. The molecular formula is C23H26ClN3O3. The van der Waals surface area contributed by atoms with Gasteiger partial charge < -0.3 is 15.0 Å².